The van der Waals surface area contributed by atoms with E-state index in [2.05, 4.69) is 12.2 Å². The number of carbonyl (C=O) groups is 1. The Morgan fingerprint density at radius 2 is 1.39 bits per heavy atom. The van der Waals surface area contributed by atoms with Crippen LogP contribution < -0.4 is 5.32 Å². The molecule has 0 fully saturated rings. The Labute approximate surface area is 204 Å². The Balaban J connectivity index is 3.73. The lowest BCUT2D eigenvalue weighted by atomic mass is 10.0. The first-order valence-corrected chi connectivity index (χ1v) is 14.9. The molecule has 7 nitrogen and oxygen atoms in total. The Hall–Kier alpha value is -0.460. The van der Waals surface area contributed by atoms with Crippen LogP contribution in [-0.2, 0) is 18.6 Å². The summed E-state index contributed by atoms with van der Waals surface area (Å²) in [5, 5.41) is 2.83. The highest BCUT2D eigenvalue weighted by Crippen LogP contribution is 2.42. The van der Waals surface area contributed by atoms with E-state index in [1.165, 1.54) is 77.7 Å². The average Bonchev–Trinajstić information content (AvgIpc) is 2.73. The van der Waals surface area contributed by atoms with Crippen LogP contribution in [0.15, 0.2) is 0 Å². The molecule has 8 heteroatoms. The second kappa shape index (κ2) is 19.8. The summed E-state index contributed by atoms with van der Waals surface area (Å²) in [7, 11) is 3.72. The first-order chi connectivity index (χ1) is 15.6. The zero-order valence-electron chi connectivity index (χ0n) is 22.3. The van der Waals surface area contributed by atoms with Crippen molar-refractivity contribution in [3.8, 4) is 0 Å². The number of amides is 1. The van der Waals surface area contributed by atoms with Crippen LogP contribution in [0.25, 0.3) is 0 Å². The molecule has 0 heterocycles. The smallest absolute Gasteiger partial charge is 0.331 e. The van der Waals surface area contributed by atoms with Crippen LogP contribution in [0, 0.1) is 0 Å². The van der Waals surface area contributed by atoms with Gasteiger partial charge in [0.25, 0.3) is 0 Å². The van der Waals surface area contributed by atoms with Gasteiger partial charge in [-0.05, 0) is 6.42 Å². The number of carbonyl (C=O) groups excluding carboxylic acids is 1. The molecule has 0 aromatic heterocycles. The molecule has 0 spiro atoms. The lowest BCUT2D eigenvalue weighted by molar-refractivity contribution is -0.870. The highest BCUT2D eigenvalue weighted by atomic mass is 31.2. The number of ether oxygens (including phenoxy) is 1. The fourth-order valence-electron chi connectivity index (χ4n) is 3.61. The Kier molecular flexibility index (Phi) is 19.5. The quantitative estimate of drug-likeness (QED) is 0.111. The maximum atomic E-state index is 12.3. The maximum Gasteiger partial charge on any atom is 0.331 e. The molecular weight excluding hydrogens is 439 g/mol. The number of hydrogen-bond acceptors (Lipinski definition) is 4. The first-order valence-electron chi connectivity index (χ1n) is 13.2. The Bertz CT molecular complexity index is 525. The lowest BCUT2D eigenvalue weighted by Gasteiger charge is -2.25. The number of nitrogens with one attached hydrogen (secondary N) is 1. The lowest BCUT2D eigenvalue weighted by Crippen LogP contribution is -2.38. The summed E-state index contributed by atoms with van der Waals surface area (Å²) < 4.78 is 23.4. The minimum atomic E-state index is -3.75. The van der Waals surface area contributed by atoms with Gasteiger partial charge < -0.3 is 24.0 Å². The topological polar surface area (TPSA) is 84.9 Å². The Morgan fingerprint density at radius 3 is 1.85 bits per heavy atom. The van der Waals surface area contributed by atoms with Crippen molar-refractivity contribution in [2.75, 3.05) is 54.1 Å². The normalized spacial score (nSPS) is 14.7. The van der Waals surface area contributed by atoms with E-state index in [1.54, 1.807) is 0 Å². The van der Waals surface area contributed by atoms with Crippen molar-refractivity contribution >= 4 is 13.5 Å². The van der Waals surface area contributed by atoms with Crippen molar-refractivity contribution in [3.63, 3.8) is 0 Å². The third kappa shape index (κ3) is 23.1. The summed E-state index contributed by atoms with van der Waals surface area (Å²) in [5.74, 6) is -0.0288. The molecule has 198 valence electrons. The van der Waals surface area contributed by atoms with Crippen LogP contribution >= 0.6 is 7.60 Å². The molecule has 2 atom stereocenters. The second-order valence-corrected chi connectivity index (χ2v) is 12.2. The van der Waals surface area contributed by atoms with Crippen molar-refractivity contribution in [2.45, 2.75) is 103 Å². The van der Waals surface area contributed by atoms with E-state index in [1.807, 2.05) is 21.1 Å². The fourth-order valence-corrected chi connectivity index (χ4v) is 4.87. The van der Waals surface area contributed by atoms with Crippen LogP contribution in [0.5, 0.6) is 0 Å². The summed E-state index contributed by atoms with van der Waals surface area (Å²) >= 11 is 0. The molecule has 0 aliphatic heterocycles. The van der Waals surface area contributed by atoms with E-state index in [-0.39, 0.29) is 25.2 Å². The summed E-state index contributed by atoms with van der Waals surface area (Å²) in [4.78, 5) is 22.1. The van der Waals surface area contributed by atoms with Crippen LogP contribution in [0.1, 0.15) is 96.8 Å². The maximum absolute atomic E-state index is 12.3. The molecule has 33 heavy (non-hydrogen) atoms. The minimum absolute atomic E-state index is 0.0288. The van der Waals surface area contributed by atoms with Gasteiger partial charge in [-0.25, -0.2) is 0 Å². The standard InChI is InChI=1S/C25H53N2O5P/c1-6-7-8-9-10-11-12-13-14-15-16-17-18-19-25(28)26-22-24(31-5)23-33(29,30)32-21-20-27(2,3)4/h24H,6-23H2,1-5H3,(H-,26,28,29,30)/p+1. The van der Waals surface area contributed by atoms with Gasteiger partial charge in [0.15, 0.2) is 0 Å². The molecule has 0 bridgehead atoms. The highest BCUT2D eigenvalue weighted by Gasteiger charge is 2.26. The zero-order chi connectivity index (χ0) is 25.0. The number of hydrogen-bond donors (Lipinski definition) is 2. The van der Waals surface area contributed by atoms with Gasteiger partial charge in [-0.15, -0.1) is 0 Å². The Morgan fingerprint density at radius 1 is 0.909 bits per heavy atom. The number of quaternary nitrogens is 1. The monoisotopic (exact) mass is 493 g/mol. The average molecular weight is 494 g/mol. The van der Waals surface area contributed by atoms with E-state index in [0.29, 0.717) is 17.4 Å². The molecule has 0 saturated carbocycles. The van der Waals surface area contributed by atoms with E-state index < -0.39 is 13.7 Å². The molecule has 0 aliphatic carbocycles. The van der Waals surface area contributed by atoms with Crippen molar-refractivity contribution in [1.29, 1.82) is 0 Å². The zero-order valence-corrected chi connectivity index (χ0v) is 23.2. The molecule has 0 rings (SSSR count). The van der Waals surface area contributed by atoms with E-state index >= 15 is 0 Å². The van der Waals surface area contributed by atoms with Gasteiger partial charge in [0.05, 0.1) is 33.4 Å². The summed E-state index contributed by atoms with van der Waals surface area (Å²) in [6.45, 7) is 3.32. The number of unbranched alkanes of at least 4 members (excludes halogenated alkanes) is 12. The van der Waals surface area contributed by atoms with Crippen LogP contribution in [0.4, 0.5) is 0 Å². The number of methoxy groups -OCH3 is 1. The third-order valence-corrected chi connectivity index (χ3v) is 7.31. The number of rotatable bonds is 23. The van der Waals surface area contributed by atoms with Crippen molar-refractivity contribution < 1.29 is 28.0 Å². The SMILES string of the molecule is CCCCCCCCCCCCCCCC(=O)NCC(CP(=O)(O)OCC[N+](C)(C)C)OC. The van der Waals surface area contributed by atoms with Gasteiger partial charge in [0.2, 0.25) is 5.91 Å². The molecule has 0 aliphatic rings. The fraction of sp³-hybridized carbons (Fsp3) is 0.960. The minimum Gasteiger partial charge on any atom is -0.379 e. The number of nitrogens with zero attached hydrogens (tertiary/aromatic N) is 1. The largest absolute Gasteiger partial charge is 0.379 e. The van der Waals surface area contributed by atoms with Crippen LogP contribution in [0.2, 0.25) is 0 Å². The van der Waals surface area contributed by atoms with Gasteiger partial charge in [0, 0.05) is 20.1 Å². The predicted octanol–water partition coefficient (Wildman–Crippen LogP) is 5.51. The molecule has 0 radical (unpaired) electrons. The van der Waals surface area contributed by atoms with Crippen molar-refractivity contribution in [3.05, 3.63) is 0 Å². The molecule has 2 N–H and O–H groups in total. The van der Waals surface area contributed by atoms with Crippen LogP contribution in [0.3, 0.4) is 0 Å². The van der Waals surface area contributed by atoms with Gasteiger partial charge in [-0.2, -0.15) is 0 Å². The third-order valence-electron chi connectivity index (χ3n) is 5.86. The van der Waals surface area contributed by atoms with E-state index in [0.717, 1.165) is 12.8 Å². The summed E-state index contributed by atoms with van der Waals surface area (Å²) in [5.41, 5.74) is 0. The van der Waals surface area contributed by atoms with Gasteiger partial charge >= 0.3 is 7.60 Å². The number of likely N-dealkylation sites (N-methyl/N-ethyl adjacent to an activating group) is 1. The van der Waals surface area contributed by atoms with Crippen LogP contribution in [-0.4, -0.2) is 75.5 Å². The second-order valence-electron chi connectivity index (χ2n) is 10.3. The first kappa shape index (κ1) is 32.5. The molecule has 2 unspecified atom stereocenters. The highest BCUT2D eigenvalue weighted by molar-refractivity contribution is 7.52. The summed E-state index contributed by atoms with van der Waals surface area (Å²) in [6, 6.07) is 0. The van der Waals surface area contributed by atoms with Crippen molar-refractivity contribution in [1.82, 2.24) is 5.32 Å². The van der Waals surface area contributed by atoms with Gasteiger partial charge in [0.1, 0.15) is 13.2 Å². The molecule has 0 aromatic carbocycles. The molecule has 0 aromatic rings. The molecule has 1 amide bonds. The molecular formula is C25H54N2O5P+. The molecule has 0 saturated heterocycles. The van der Waals surface area contributed by atoms with Gasteiger partial charge in [-0.3, -0.25) is 9.36 Å². The van der Waals surface area contributed by atoms with Crippen molar-refractivity contribution in [2.24, 2.45) is 0 Å². The predicted molar refractivity (Wildman–Crippen MR) is 138 cm³/mol. The van der Waals surface area contributed by atoms with Gasteiger partial charge in [-0.1, -0.05) is 84.0 Å². The van der Waals surface area contributed by atoms with E-state index in [4.69, 9.17) is 9.26 Å². The summed E-state index contributed by atoms with van der Waals surface area (Å²) in [6.07, 6.45) is 16.5. The van der Waals surface area contributed by atoms with E-state index in [9.17, 15) is 14.3 Å².